The van der Waals surface area contributed by atoms with Crippen molar-refractivity contribution in [3.05, 3.63) is 129 Å². The van der Waals surface area contributed by atoms with Crippen LogP contribution in [0.25, 0.3) is 0 Å². The molecule has 4 N–H and O–H groups in total. The van der Waals surface area contributed by atoms with E-state index in [9.17, 15) is 38.2 Å². The molecule has 217 valence electrons. The largest absolute Gasteiger partial charge is 2.00 e. The Labute approximate surface area is 252 Å². The molecule has 0 unspecified atom stereocenters. The minimum atomic E-state index is -1.60. The average Bonchev–Trinajstić information content (AvgIpc) is 2.90. The summed E-state index contributed by atoms with van der Waals surface area (Å²) in [6, 6.07) is 13.8. The summed E-state index contributed by atoms with van der Waals surface area (Å²) < 4.78 is 25.2. The quantitative estimate of drug-likeness (QED) is 0.312. The molecule has 4 aromatic rings. The number of carboxylic acids is 2. The SMILES string of the molecule is NC(=O)c1cccnc1.NC(=O)c1cccnc1.O=C([O-])c1c(F)cccc1Cl.O=C([O-])c1c(F)cccc1Cl.[Cu+2]. The van der Waals surface area contributed by atoms with E-state index in [0.717, 1.165) is 12.1 Å². The zero-order chi connectivity index (χ0) is 30.2. The normalized spacial score (nSPS) is 9.07. The zero-order valence-electron chi connectivity index (χ0n) is 20.4. The van der Waals surface area contributed by atoms with E-state index in [2.05, 4.69) is 9.97 Å². The molecule has 2 aromatic carbocycles. The number of nitrogens with two attached hydrogens (primary N) is 2. The van der Waals surface area contributed by atoms with Crippen LogP contribution in [0.5, 0.6) is 0 Å². The summed E-state index contributed by atoms with van der Waals surface area (Å²) >= 11 is 10.7. The van der Waals surface area contributed by atoms with Gasteiger partial charge in [-0.25, -0.2) is 8.78 Å². The number of carbonyl (C=O) groups is 4. The zero-order valence-corrected chi connectivity index (χ0v) is 22.8. The third-order valence-electron chi connectivity index (χ3n) is 4.23. The Balaban J connectivity index is 0.000000518. The van der Waals surface area contributed by atoms with E-state index in [1.807, 2.05) is 0 Å². The monoisotopic (exact) mass is 653 g/mol. The van der Waals surface area contributed by atoms with Gasteiger partial charge in [0.1, 0.15) is 11.6 Å². The van der Waals surface area contributed by atoms with E-state index < -0.39 is 46.5 Å². The first-order valence-electron chi connectivity index (χ1n) is 10.6. The van der Waals surface area contributed by atoms with Gasteiger partial charge in [-0.05, 0) is 48.5 Å². The maximum Gasteiger partial charge on any atom is 2.00 e. The van der Waals surface area contributed by atoms with Gasteiger partial charge in [0.2, 0.25) is 11.8 Å². The Morgan fingerprint density at radius 3 is 1.15 bits per heavy atom. The second-order valence-corrected chi connectivity index (χ2v) is 7.79. The standard InChI is InChI=1S/2C7H4ClFO2.2C6H6N2O.Cu/c2*8-4-2-1-3-5(9)6(4)7(10)11;2*7-6(9)5-2-1-3-8-4-5;/h2*1-3H,(H,10,11);2*1-4H,(H2,7,9);/q;;;;+2/p-2. The van der Waals surface area contributed by atoms with Crippen LogP contribution < -0.4 is 21.7 Å². The molecule has 15 heteroatoms. The first-order valence-corrected chi connectivity index (χ1v) is 11.3. The van der Waals surface area contributed by atoms with E-state index in [0.29, 0.717) is 11.1 Å². The number of amides is 2. The van der Waals surface area contributed by atoms with Crippen LogP contribution in [-0.2, 0) is 17.1 Å². The molecule has 0 aliphatic heterocycles. The van der Waals surface area contributed by atoms with E-state index in [4.69, 9.17) is 34.7 Å². The molecule has 2 amide bonds. The number of hydrogen-bond donors (Lipinski definition) is 2. The van der Waals surface area contributed by atoms with Crippen LogP contribution in [0, 0.1) is 11.6 Å². The average molecular weight is 655 g/mol. The Hall–Kier alpha value is -4.42. The Bertz CT molecular complexity index is 1320. The van der Waals surface area contributed by atoms with Gasteiger partial charge >= 0.3 is 17.1 Å². The molecule has 0 spiro atoms. The number of halogens is 4. The molecule has 1 radical (unpaired) electrons. The van der Waals surface area contributed by atoms with Gasteiger partial charge in [-0.2, -0.15) is 0 Å². The third kappa shape index (κ3) is 13.0. The molecule has 0 atom stereocenters. The summed E-state index contributed by atoms with van der Waals surface area (Å²) in [7, 11) is 0. The maximum atomic E-state index is 12.6. The summed E-state index contributed by atoms with van der Waals surface area (Å²) in [6.07, 6.45) is 6.05. The Morgan fingerprint density at radius 2 is 0.976 bits per heavy atom. The van der Waals surface area contributed by atoms with Crippen molar-refractivity contribution < 1.29 is 55.2 Å². The van der Waals surface area contributed by atoms with Crippen LogP contribution in [0.4, 0.5) is 8.78 Å². The Kier molecular flexibility index (Phi) is 16.8. The Morgan fingerprint density at radius 1 is 0.634 bits per heavy atom. The van der Waals surface area contributed by atoms with E-state index in [-0.39, 0.29) is 27.1 Å². The van der Waals surface area contributed by atoms with Crippen molar-refractivity contribution in [1.82, 2.24) is 9.97 Å². The van der Waals surface area contributed by atoms with Crippen molar-refractivity contribution in [1.29, 1.82) is 0 Å². The fourth-order valence-electron chi connectivity index (χ4n) is 2.40. The number of nitrogens with zero attached hydrogens (tertiary/aromatic N) is 2. The van der Waals surface area contributed by atoms with Crippen molar-refractivity contribution in [3.8, 4) is 0 Å². The first kappa shape index (κ1) is 36.6. The number of hydrogen-bond acceptors (Lipinski definition) is 8. The van der Waals surface area contributed by atoms with Crippen molar-refractivity contribution in [2.24, 2.45) is 11.5 Å². The number of benzene rings is 2. The molecule has 10 nitrogen and oxygen atoms in total. The van der Waals surface area contributed by atoms with Crippen molar-refractivity contribution >= 4 is 47.0 Å². The number of aromatic carboxylic acids is 2. The van der Waals surface area contributed by atoms with Gasteiger partial charge in [-0.15, -0.1) is 0 Å². The molecule has 2 aromatic heterocycles. The van der Waals surface area contributed by atoms with Crippen molar-refractivity contribution in [2.75, 3.05) is 0 Å². The molecular weight excluding hydrogens is 637 g/mol. The molecule has 0 aliphatic rings. The second kappa shape index (κ2) is 18.8. The van der Waals surface area contributed by atoms with Crippen molar-refractivity contribution in [3.63, 3.8) is 0 Å². The molecule has 2 heterocycles. The second-order valence-electron chi connectivity index (χ2n) is 6.98. The van der Waals surface area contributed by atoms with E-state index in [1.165, 1.54) is 36.7 Å². The minimum Gasteiger partial charge on any atom is -0.545 e. The van der Waals surface area contributed by atoms with Gasteiger partial charge in [0, 0.05) is 24.8 Å². The molecule has 41 heavy (non-hydrogen) atoms. The first-order chi connectivity index (χ1) is 18.9. The van der Waals surface area contributed by atoms with Gasteiger partial charge in [0.15, 0.2) is 0 Å². The number of primary amides is 2. The van der Waals surface area contributed by atoms with Gasteiger partial charge < -0.3 is 31.3 Å². The summed E-state index contributed by atoms with van der Waals surface area (Å²) in [5.41, 5.74) is 9.58. The van der Waals surface area contributed by atoms with Crippen LogP contribution in [0.1, 0.15) is 41.4 Å². The number of rotatable bonds is 4. The molecule has 0 saturated carbocycles. The minimum absolute atomic E-state index is 0. The smallest absolute Gasteiger partial charge is 0.545 e. The van der Waals surface area contributed by atoms with Crippen LogP contribution in [0.3, 0.4) is 0 Å². The molecule has 0 bridgehead atoms. The maximum absolute atomic E-state index is 12.6. The van der Waals surface area contributed by atoms with Gasteiger partial charge in [-0.3, -0.25) is 19.6 Å². The fourth-order valence-corrected chi connectivity index (χ4v) is 2.88. The number of pyridine rings is 2. The fraction of sp³-hybridized carbons (Fsp3) is 0. The molecule has 0 saturated heterocycles. The third-order valence-corrected chi connectivity index (χ3v) is 4.86. The summed E-state index contributed by atoms with van der Waals surface area (Å²) in [6.45, 7) is 0. The van der Waals surface area contributed by atoms with Gasteiger partial charge in [0.25, 0.3) is 0 Å². The summed E-state index contributed by atoms with van der Waals surface area (Å²) in [5, 5.41) is 20.1. The van der Waals surface area contributed by atoms with Crippen LogP contribution in [-0.4, -0.2) is 33.7 Å². The predicted molar refractivity (Wildman–Crippen MR) is 137 cm³/mol. The molecule has 0 aliphatic carbocycles. The number of carboxylic acid groups (broad SMARTS) is 2. The van der Waals surface area contributed by atoms with Crippen LogP contribution >= 0.6 is 23.2 Å². The van der Waals surface area contributed by atoms with Gasteiger partial charge in [0.05, 0.1) is 44.2 Å². The van der Waals surface area contributed by atoms with Crippen LogP contribution in [0.2, 0.25) is 10.0 Å². The van der Waals surface area contributed by atoms with Gasteiger partial charge in [-0.1, -0.05) is 35.3 Å². The molecule has 0 fully saturated rings. The number of aromatic nitrogens is 2. The summed E-state index contributed by atoms with van der Waals surface area (Å²) in [5.74, 6) is -5.84. The topological polar surface area (TPSA) is 192 Å². The van der Waals surface area contributed by atoms with E-state index >= 15 is 0 Å². The van der Waals surface area contributed by atoms with Crippen LogP contribution in [0.15, 0.2) is 85.5 Å². The van der Waals surface area contributed by atoms with Crippen molar-refractivity contribution in [2.45, 2.75) is 0 Å². The summed E-state index contributed by atoms with van der Waals surface area (Å²) in [4.78, 5) is 48.6. The molecular formula is C26H18Cl2CuF2N4O6. The van der Waals surface area contributed by atoms with E-state index in [1.54, 1.807) is 36.7 Å². The number of carbonyl (C=O) groups excluding carboxylic acids is 4. The predicted octanol–water partition coefficient (Wildman–Crippen LogP) is 2.04. The molecule has 4 rings (SSSR count).